The third kappa shape index (κ3) is 4.45. The Balaban J connectivity index is 1.08. The topological polar surface area (TPSA) is 51.9 Å². The second-order valence-corrected chi connectivity index (χ2v) is 8.92. The summed E-state index contributed by atoms with van der Waals surface area (Å²) in [5.41, 5.74) is 4.89. The number of fused-ring (bicyclic) bond motifs is 2. The summed E-state index contributed by atoms with van der Waals surface area (Å²) in [6, 6.07) is 18.6. The van der Waals surface area contributed by atoms with Gasteiger partial charge >= 0.3 is 0 Å². The number of nitrogens with zero attached hydrogens (tertiary/aromatic N) is 1. The molecule has 1 aliphatic rings. The van der Waals surface area contributed by atoms with E-state index in [2.05, 4.69) is 51.4 Å². The molecule has 2 aromatic carbocycles. The van der Waals surface area contributed by atoms with E-state index in [1.165, 1.54) is 72.7 Å². The van der Waals surface area contributed by atoms with Crippen LogP contribution in [0, 0.1) is 0 Å². The number of benzene rings is 2. The van der Waals surface area contributed by atoms with Crippen LogP contribution in [0.2, 0.25) is 0 Å². The van der Waals surface area contributed by atoms with Crippen LogP contribution < -0.4 is 5.56 Å². The van der Waals surface area contributed by atoms with Gasteiger partial charge < -0.3 is 14.9 Å². The summed E-state index contributed by atoms with van der Waals surface area (Å²) in [5, 5.41) is 2.58. The molecule has 2 N–H and O–H groups in total. The van der Waals surface area contributed by atoms with Crippen LogP contribution in [0.3, 0.4) is 0 Å². The zero-order valence-corrected chi connectivity index (χ0v) is 18.1. The first-order valence-corrected chi connectivity index (χ1v) is 11.7. The number of aromatic nitrogens is 2. The maximum absolute atomic E-state index is 11.9. The Morgan fingerprint density at radius 2 is 1.61 bits per heavy atom. The van der Waals surface area contributed by atoms with E-state index in [-0.39, 0.29) is 5.56 Å². The number of hydrogen-bond acceptors (Lipinski definition) is 2. The molecule has 0 amide bonds. The number of hydrogen-bond donors (Lipinski definition) is 2. The van der Waals surface area contributed by atoms with Crippen molar-refractivity contribution in [3.8, 4) is 0 Å². The van der Waals surface area contributed by atoms with Crippen LogP contribution in [0.5, 0.6) is 0 Å². The second-order valence-electron chi connectivity index (χ2n) is 8.92. The molecule has 160 valence electrons. The first-order chi connectivity index (χ1) is 15.3. The number of aromatic amines is 2. The zero-order chi connectivity index (χ0) is 21.0. The SMILES string of the molecule is O=c1cc(CCCCCN2CCC(c3c[nH]c4ccccc34)CC2)c2ccccc2[nH]1. The van der Waals surface area contributed by atoms with Gasteiger partial charge in [0.05, 0.1) is 0 Å². The number of H-pyrrole nitrogens is 2. The molecule has 0 radical (unpaired) electrons. The van der Waals surface area contributed by atoms with Crippen molar-refractivity contribution in [1.82, 2.24) is 14.9 Å². The number of pyridine rings is 1. The number of unbranched alkanes of at least 4 members (excludes halogenated alkanes) is 2. The standard InChI is InChI=1S/C27H31N3O/c31-27-18-21(22-9-3-6-12-26(22)29-27)8-2-1-7-15-30-16-13-20(14-17-30)24-19-28-25-11-5-4-10-23(24)25/h3-6,9-12,18-20,28H,1-2,7-8,13-17H2,(H,29,31). The van der Waals surface area contributed by atoms with Crippen LogP contribution in [-0.2, 0) is 6.42 Å². The van der Waals surface area contributed by atoms with Gasteiger partial charge in [0.15, 0.2) is 0 Å². The van der Waals surface area contributed by atoms with Gasteiger partial charge in [-0.3, -0.25) is 4.79 Å². The smallest absolute Gasteiger partial charge is 0.248 e. The largest absolute Gasteiger partial charge is 0.361 e. The summed E-state index contributed by atoms with van der Waals surface area (Å²) in [7, 11) is 0. The molecule has 1 aliphatic heterocycles. The Kier molecular flexibility index (Phi) is 5.90. The van der Waals surface area contributed by atoms with Gasteiger partial charge in [0.25, 0.3) is 0 Å². The second kappa shape index (κ2) is 9.11. The van der Waals surface area contributed by atoms with Crippen molar-refractivity contribution in [3.63, 3.8) is 0 Å². The number of aryl methyl sites for hydroxylation is 1. The molecule has 0 atom stereocenters. The normalized spacial score (nSPS) is 15.7. The summed E-state index contributed by atoms with van der Waals surface area (Å²) >= 11 is 0. The Morgan fingerprint density at radius 1 is 0.871 bits per heavy atom. The van der Waals surface area contributed by atoms with E-state index in [1.54, 1.807) is 6.07 Å². The molecule has 0 aliphatic carbocycles. The fourth-order valence-electron chi connectivity index (χ4n) is 5.21. The van der Waals surface area contributed by atoms with Gasteiger partial charge in [0, 0.05) is 34.1 Å². The molecule has 5 rings (SSSR count). The summed E-state index contributed by atoms with van der Waals surface area (Å²) in [6.07, 6.45) is 9.29. The molecule has 0 unspecified atom stereocenters. The molecule has 31 heavy (non-hydrogen) atoms. The van der Waals surface area contributed by atoms with Crippen LogP contribution in [0.15, 0.2) is 65.6 Å². The van der Waals surface area contributed by atoms with Crippen LogP contribution in [0.25, 0.3) is 21.8 Å². The van der Waals surface area contributed by atoms with Crippen molar-refractivity contribution in [2.75, 3.05) is 19.6 Å². The average molecular weight is 414 g/mol. The highest BCUT2D eigenvalue weighted by molar-refractivity contribution is 5.83. The molecule has 4 heteroatoms. The zero-order valence-electron chi connectivity index (χ0n) is 18.1. The van der Waals surface area contributed by atoms with E-state index >= 15 is 0 Å². The first kappa shape index (κ1) is 20.1. The summed E-state index contributed by atoms with van der Waals surface area (Å²) in [4.78, 5) is 20.9. The molecular weight excluding hydrogens is 382 g/mol. The molecule has 2 aromatic heterocycles. The van der Waals surface area contributed by atoms with E-state index in [1.807, 2.05) is 18.2 Å². The Hall–Kier alpha value is -2.85. The van der Waals surface area contributed by atoms with Crippen molar-refractivity contribution in [1.29, 1.82) is 0 Å². The fraction of sp³-hybridized carbons (Fsp3) is 0.370. The van der Waals surface area contributed by atoms with Crippen molar-refractivity contribution >= 4 is 21.8 Å². The third-order valence-electron chi connectivity index (χ3n) is 6.91. The average Bonchev–Trinajstić information content (AvgIpc) is 3.23. The molecule has 3 heterocycles. The summed E-state index contributed by atoms with van der Waals surface area (Å²) in [6.45, 7) is 3.59. The highest BCUT2D eigenvalue weighted by Gasteiger charge is 2.22. The molecule has 1 saturated heterocycles. The summed E-state index contributed by atoms with van der Waals surface area (Å²) < 4.78 is 0. The van der Waals surface area contributed by atoms with E-state index < -0.39 is 0 Å². The van der Waals surface area contributed by atoms with Gasteiger partial charge in [0.2, 0.25) is 5.56 Å². The lowest BCUT2D eigenvalue weighted by Crippen LogP contribution is -2.33. The number of nitrogens with one attached hydrogen (secondary N) is 2. The molecule has 0 saturated carbocycles. The lowest BCUT2D eigenvalue weighted by molar-refractivity contribution is 0.209. The van der Waals surface area contributed by atoms with Gasteiger partial charge in [0.1, 0.15) is 0 Å². The van der Waals surface area contributed by atoms with Gasteiger partial charge in [-0.15, -0.1) is 0 Å². The molecular formula is C27H31N3O. The molecule has 0 bridgehead atoms. The molecule has 0 spiro atoms. The van der Waals surface area contributed by atoms with Crippen LogP contribution >= 0.6 is 0 Å². The Morgan fingerprint density at radius 3 is 2.45 bits per heavy atom. The van der Waals surface area contributed by atoms with Gasteiger partial charge in [-0.1, -0.05) is 42.8 Å². The minimum Gasteiger partial charge on any atom is -0.361 e. The maximum Gasteiger partial charge on any atom is 0.248 e. The number of rotatable bonds is 7. The monoisotopic (exact) mass is 413 g/mol. The van der Waals surface area contributed by atoms with E-state index in [4.69, 9.17) is 0 Å². The predicted molar refractivity (Wildman–Crippen MR) is 129 cm³/mol. The van der Waals surface area contributed by atoms with E-state index in [9.17, 15) is 4.79 Å². The Bertz CT molecular complexity index is 1210. The van der Waals surface area contributed by atoms with Crippen LogP contribution in [0.4, 0.5) is 0 Å². The van der Waals surface area contributed by atoms with Crippen molar-refractivity contribution < 1.29 is 0 Å². The maximum atomic E-state index is 11.9. The lowest BCUT2D eigenvalue weighted by Gasteiger charge is -2.32. The highest BCUT2D eigenvalue weighted by atomic mass is 16.1. The highest BCUT2D eigenvalue weighted by Crippen LogP contribution is 2.33. The number of para-hydroxylation sites is 2. The van der Waals surface area contributed by atoms with Crippen LogP contribution in [-0.4, -0.2) is 34.5 Å². The first-order valence-electron chi connectivity index (χ1n) is 11.7. The minimum absolute atomic E-state index is 0.00627. The van der Waals surface area contributed by atoms with E-state index in [0.717, 1.165) is 18.4 Å². The van der Waals surface area contributed by atoms with Crippen molar-refractivity contribution in [2.45, 2.75) is 44.4 Å². The lowest BCUT2D eigenvalue weighted by atomic mass is 9.89. The Labute approximate surface area is 183 Å². The minimum atomic E-state index is 0.00627. The van der Waals surface area contributed by atoms with Gasteiger partial charge in [-0.25, -0.2) is 0 Å². The summed E-state index contributed by atoms with van der Waals surface area (Å²) in [5.74, 6) is 0.678. The molecule has 4 nitrogen and oxygen atoms in total. The predicted octanol–water partition coefficient (Wildman–Crippen LogP) is 5.60. The van der Waals surface area contributed by atoms with Gasteiger partial charge in [-0.2, -0.15) is 0 Å². The number of piperidine rings is 1. The van der Waals surface area contributed by atoms with Crippen molar-refractivity contribution in [2.24, 2.45) is 0 Å². The molecule has 1 fully saturated rings. The van der Waals surface area contributed by atoms with Crippen LogP contribution in [0.1, 0.15) is 49.1 Å². The third-order valence-corrected chi connectivity index (χ3v) is 6.91. The van der Waals surface area contributed by atoms with Crippen molar-refractivity contribution in [3.05, 3.63) is 82.3 Å². The quantitative estimate of drug-likeness (QED) is 0.387. The van der Waals surface area contributed by atoms with Gasteiger partial charge in [-0.05, 0) is 80.9 Å². The number of likely N-dealkylation sites (tertiary alicyclic amines) is 1. The fourth-order valence-corrected chi connectivity index (χ4v) is 5.21. The molecule has 4 aromatic rings. The van der Waals surface area contributed by atoms with E-state index in [0.29, 0.717) is 5.92 Å².